The van der Waals surface area contributed by atoms with Crippen molar-refractivity contribution < 1.29 is 9.32 Å². The van der Waals surface area contributed by atoms with Gasteiger partial charge in [-0.15, -0.1) is 0 Å². The van der Waals surface area contributed by atoms with Gasteiger partial charge in [0, 0.05) is 29.9 Å². The Morgan fingerprint density at radius 3 is 2.83 bits per heavy atom. The van der Waals surface area contributed by atoms with E-state index in [2.05, 4.69) is 15.1 Å². The Morgan fingerprint density at radius 1 is 1.21 bits per heavy atom. The summed E-state index contributed by atoms with van der Waals surface area (Å²) in [4.78, 5) is 22.7. The number of halogens is 1. The molecule has 1 aliphatic heterocycles. The molecule has 0 spiro atoms. The number of hydrogen-bond donors (Lipinski definition) is 0. The maximum Gasteiger partial charge on any atom is 0.253 e. The van der Waals surface area contributed by atoms with Crippen LogP contribution in [0.2, 0.25) is 5.02 Å². The largest absolute Gasteiger partial charge is 0.338 e. The van der Waals surface area contributed by atoms with Crippen molar-refractivity contribution in [1.29, 1.82) is 0 Å². The van der Waals surface area contributed by atoms with Crippen molar-refractivity contribution in [2.24, 2.45) is 0 Å². The van der Waals surface area contributed by atoms with Crippen LogP contribution in [0.3, 0.4) is 0 Å². The minimum atomic E-state index is -0.0433. The van der Waals surface area contributed by atoms with E-state index < -0.39 is 0 Å². The summed E-state index contributed by atoms with van der Waals surface area (Å²) in [6.45, 7) is 1.10. The van der Waals surface area contributed by atoms with Crippen LogP contribution in [0.1, 0.15) is 22.2 Å². The normalized spacial score (nSPS) is 14.5. The Kier molecular flexibility index (Phi) is 3.74. The summed E-state index contributed by atoms with van der Waals surface area (Å²) in [6.07, 6.45) is 1.68. The predicted molar refractivity (Wildman–Crippen MR) is 87.6 cm³/mol. The molecular weight excluding hydrogens is 328 g/mol. The van der Waals surface area contributed by atoms with E-state index in [-0.39, 0.29) is 11.8 Å². The molecule has 6 nitrogen and oxygen atoms in total. The van der Waals surface area contributed by atoms with E-state index in [1.807, 2.05) is 18.2 Å². The lowest BCUT2D eigenvalue weighted by molar-refractivity contribution is 0.0569. The Hall–Kier alpha value is -2.73. The number of carbonyl (C=O) groups is 1. The number of carbonyl (C=O) groups excluding carboxylic acids is 1. The molecule has 7 heteroatoms. The van der Waals surface area contributed by atoms with Crippen LogP contribution in [-0.4, -0.2) is 39.0 Å². The molecule has 0 unspecified atom stereocenters. The fourth-order valence-corrected chi connectivity index (χ4v) is 2.80. The van der Waals surface area contributed by atoms with Crippen molar-refractivity contribution in [3.63, 3.8) is 0 Å². The summed E-state index contributed by atoms with van der Waals surface area (Å²) < 4.78 is 5.32. The lowest BCUT2D eigenvalue weighted by atomic mass is 9.99. The second-order valence-corrected chi connectivity index (χ2v) is 6.03. The van der Waals surface area contributed by atoms with Crippen molar-refractivity contribution in [3.05, 3.63) is 65.1 Å². The van der Waals surface area contributed by atoms with Gasteiger partial charge in [-0.2, -0.15) is 4.98 Å². The van der Waals surface area contributed by atoms with Crippen LogP contribution in [0, 0.1) is 0 Å². The molecular formula is C17H13ClN4O2. The van der Waals surface area contributed by atoms with Gasteiger partial charge in [0.05, 0.1) is 5.92 Å². The highest BCUT2D eigenvalue weighted by molar-refractivity contribution is 6.30. The number of likely N-dealkylation sites (tertiary alicyclic amines) is 1. The van der Waals surface area contributed by atoms with Crippen molar-refractivity contribution >= 4 is 17.5 Å². The number of pyridine rings is 1. The van der Waals surface area contributed by atoms with Gasteiger partial charge in [0.15, 0.2) is 0 Å². The van der Waals surface area contributed by atoms with E-state index in [1.54, 1.807) is 35.4 Å². The molecule has 1 fully saturated rings. The van der Waals surface area contributed by atoms with Crippen LogP contribution in [0.5, 0.6) is 0 Å². The van der Waals surface area contributed by atoms with E-state index in [0.717, 1.165) is 0 Å². The van der Waals surface area contributed by atoms with Gasteiger partial charge in [0.1, 0.15) is 5.69 Å². The van der Waals surface area contributed by atoms with E-state index in [0.29, 0.717) is 41.1 Å². The van der Waals surface area contributed by atoms with Crippen molar-refractivity contribution in [1.82, 2.24) is 20.0 Å². The third-order valence-corrected chi connectivity index (χ3v) is 4.16. The third-order valence-electron chi connectivity index (χ3n) is 3.93. The quantitative estimate of drug-likeness (QED) is 0.732. The first-order valence-electron chi connectivity index (χ1n) is 7.50. The molecule has 1 aromatic carbocycles. The summed E-state index contributed by atoms with van der Waals surface area (Å²) in [5.74, 6) is 1.01. The second kappa shape index (κ2) is 6.05. The van der Waals surface area contributed by atoms with Crippen LogP contribution in [0.4, 0.5) is 0 Å². The fourth-order valence-electron chi connectivity index (χ4n) is 2.60. The molecule has 0 aliphatic carbocycles. The van der Waals surface area contributed by atoms with Gasteiger partial charge in [-0.25, -0.2) is 0 Å². The van der Waals surface area contributed by atoms with Crippen LogP contribution in [-0.2, 0) is 0 Å². The molecule has 24 heavy (non-hydrogen) atoms. The zero-order valence-corrected chi connectivity index (χ0v) is 13.3. The molecule has 1 amide bonds. The minimum absolute atomic E-state index is 0.0433. The molecule has 0 saturated carbocycles. The highest BCUT2D eigenvalue weighted by atomic mass is 35.5. The maximum atomic E-state index is 12.4. The van der Waals surface area contributed by atoms with Gasteiger partial charge in [-0.05, 0) is 30.3 Å². The average Bonchev–Trinajstić information content (AvgIpc) is 3.04. The summed E-state index contributed by atoms with van der Waals surface area (Å²) in [5, 5.41) is 4.51. The van der Waals surface area contributed by atoms with Gasteiger partial charge in [-0.3, -0.25) is 9.78 Å². The molecule has 1 aliphatic rings. The SMILES string of the molecule is O=C(c1cccc(Cl)c1)N1CC(c2nc(-c3ccccn3)no2)C1. The lowest BCUT2D eigenvalue weighted by Gasteiger charge is -2.37. The van der Waals surface area contributed by atoms with Crippen LogP contribution in [0.25, 0.3) is 11.5 Å². The van der Waals surface area contributed by atoms with Gasteiger partial charge in [-0.1, -0.05) is 28.9 Å². The topological polar surface area (TPSA) is 72.1 Å². The number of benzene rings is 1. The minimum Gasteiger partial charge on any atom is -0.338 e. The number of hydrogen-bond acceptors (Lipinski definition) is 5. The van der Waals surface area contributed by atoms with E-state index in [1.165, 1.54) is 0 Å². The molecule has 3 aromatic rings. The Morgan fingerprint density at radius 2 is 2.08 bits per heavy atom. The number of nitrogens with zero attached hydrogens (tertiary/aromatic N) is 4. The first kappa shape index (κ1) is 14.8. The van der Waals surface area contributed by atoms with Crippen molar-refractivity contribution in [2.45, 2.75) is 5.92 Å². The van der Waals surface area contributed by atoms with Crippen LogP contribution < -0.4 is 0 Å². The Labute approximate surface area is 143 Å². The zero-order chi connectivity index (χ0) is 16.5. The van der Waals surface area contributed by atoms with Crippen LogP contribution in [0.15, 0.2) is 53.2 Å². The van der Waals surface area contributed by atoms with Crippen molar-refractivity contribution in [3.8, 4) is 11.5 Å². The fraction of sp³-hybridized carbons (Fsp3) is 0.176. The van der Waals surface area contributed by atoms with E-state index in [4.69, 9.17) is 16.1 Å². The first-order chi connectivity index (χ1) is 11.7. The molecule has 4 rings (SSSR count). The standard InChI is InChI=1S/C17H13ClN4O2/c18-13-5-3-4-11(8-13)17(23)22-9-12(10-22)16-20-15(21-24-16)14-6-1-2-7-19-14/h1-8,12H,9-10H2. The number of aromatic nitrogens is 3. The third kappa shape index (κ3) is 2.76. The zero-order valence-electron chi connectivity index (χ0n) is 12.6. The van der Waals surface area contributed by atoms with Gasteiger partial charge < -0.3 is 9.42 Å². The lowest BCUT2D eigenvalue weighted by Crippen LogP contribution is -2.48. The first-order valence-corrected chi connectivity index (χ1v) is 7.88. The summed E-state index contributed by atoms with van der Waals surface area (Å²) in [7, 11) is 0. The number of rotatable bonds is 3. The highest BCUT2D eigenvalue weighted by Gasteiger charge is 2.36. The Balaban J connectivity index is 1.43. The molecule has 2 aromatic heterocycles. The summed E-state index contributed by atoms with van der Waals surface area (Å²) in [5.41, 5.74) is 1.25. The molecule has 0 atom stereocenters. The van der Waals surface area contributed by atoms with Gasteiger partial charge in [0.25, 0.3) is 5.91 Å². The molecule has 120 valence electrons. The van der Waals surface area contributed by atoms with Crippen LogP contribution >= 0.6 is 11.6 Å². The highest BCUT2D eigenvalue weighted by Crippen LogP contribution is 2.28. The summed E-state index contributed by atoms with van der Waals surface area (Å²) in [6, 6.07) is 12.5. The van der Waals surface area contributed by atoms with E-state index in [9.17, 15) is 4.79 Å². The molecule has 3 heterocycles. The Bertz CT molecular complexity index is 875. The monoisotopic (exact) mass is 340 g/mol. The molecule has 0 bridgehead atoms. The van der Waals surface area contributed by atoms with Gasteiger partial charge in [0.2, 0.25) is 11.7 Å². The maximum absolute atomic E-state index is 12.4. The second-order valence-electron chi connectivity index (χ2n) is 5.59. The van der Waals surface area contributed by atoms with Gasteiger partial charge >= 0.3 is 0 Å². The smallest absolute Gasteiger partial charge is 0.253 e. The predicted octanol–water partition coefficient (Wildman–Crippen LogP) is 3.02. The summed E-state index contributed by atoms with van der Waals surface area (Å²) >= 11 is 5.93. The molecule has 1 saturated heterocycles. The number of amides is 1. The van der Waals surface area contributed by atoms with Crippen molar-refractivity contribution in [2.75, 3.05) is 13.1 Å². The molecule has 0 radical (unpaired) electrons. The average molecular weight is 341 g/mol. The van der Waals surface area contributed by atoms with E-state index >= 15 is 0 Å². The molecule has 0 N–H and O–H groups in total.